The van der Waals surface area contributed by atoms with Gasteiger partial charge in [0.15, 0.2) is 0 Å². The summed E-state index contributed by atoms with van der Waals surface area (Å²) in [6, 6.07) is 22.5. The van der Waals surface area contributed by atoms with E-state index in [2.05, 4.69) is 39.3 Å². The second-order valence-electron chi connectivity index (χ2n) is 11.4. The van der Waals surface area contributed by atoms with Gasteiger partial charge in [-0.3, -0.25) is 19.2 Å². The molecule has 6 rings (SSSR count). The minimum Gasteiger partial charge on any atom is -0.382 e. The number of benzene rings is 3. The van der Waals surface area contributed by atoms with E-state index in [0.29, 0.717) is 33.6 Å². The fourth-order valence-corrected chi connectivity index (χ4v) is 5.80. The smallest absolute Gasteiger partial charge is 0.284 e. The minimum absolute atomic E-state index is 0.0548. The molecule has 0 radical (unpaired) electrons. The monoisotopic (exact) mass is 622 g/mol. The third-order valence-corrected chi connectivity index (χ3v) is 8.51. The van der Waals surface area contributed by atoms with Crippen LogP contribution in [0.25, 0.3) is 28.2 Å². The number of carbonyl (C=O) groups excluding carboxylic acids is 1. The molecule has 3 heterocycles. The van der Waals surface area contributed by atoms with Crippen molar-refractivity contribution in [3.8, 4) is 28.2 Å². The average molecular weight is 623 g/mol. The molecule has 11 heteroatoms. The van der Waals surface area contributed by atoms with E-state index >= 15 is 0 Å². The number of nitrogens with one attached hydrogen (secondary N) is 1. The van der Waals surface area contributed by atoms with Crippen LogP contribution in [0, 0.1) is 6.92 Å². The predicted octanol–water partition coefficient (Wildman–Crippen LogP) is 4.84. The molecule has 1 fully saturated rings. The van der Waals surface area contributed by atoms with Crippen LogP contribution >= 0.6 is 11.6 Å². The van der Waals surface area contributed by atoms with Crippen LogP contribution in [0.15, 0.2) is 83.8 Å². The summed E-state index contributed by atoms with van der Waals surface area (Å²) < 4.78 is 3.07. The number of carbonyl (C=O) groups is 1. The maximum Gasteiger partial charge on any atom is 0.284 e. The summed E-state index contributed by atoms with van der Waals surface area (Å²) in [7, 11) is 3.89. The Balaban J connectivity index is 1.20. The van der Waals surface area contributed by atoms with Crippen molar-refractivity contribution < 1.29 is 4.79 Å². The van der Waals surface area contributed by atoms with E-state index in [1.807, 2.05) is 24.3 Å². The van der Waals surface area contributed by atoms with Gasteiger partial charge in [-0.25, -0.2) is 14.6 Å². The maximum atomic E-state index is 13.3. The van der Waals surface area contributed by atoms with E-state index in [-0.39, 0.29) is 5.56 Å². The highest BCUT2D eigenvalue weighted by molar-refractivity contribution is 6.30. The van der Waals surface area contributed by atoms with Gasteiger partial charge in [0, 0.05) is 61.6 Å². The summed E-state index contributed by atoms with van der Waals surface area (Å²) in [5.74, 6) is -0.190. The Bertz CT molecular complexity index is 1920. The van der Waals surface area contributed by atoms with Crippen LogP contribution in [0.5, 0.6) is 0 Å². The van der Waals surface area contributed by atoms with Crippen molar-refractivity contribution in [2.45, 2.75) is 13.5 Å². The zero-order valence-electron chi connectivity index (χ0n) is 25.5. The van der Waals surface area contributed by atoms with Crippen LogP contribution in [0.3, 0.4) is 0 Å². The number of amides is 1. The third kappa shape index (κ3) is 6.39. The van der Waals surface area contributed by atoms with Crippen molar-refractivity contribution in [1.82, 2.24) is 29.1 Å². The van der Waals surface area contributed by atoms with Crippen molar-refractivity contribution >= 4 is 29.0 Å². The molecular weight excluding hydrogens is 588 g/mol. The third-order valence-electron chi connectivity index (χ3n) is 8.28. The zero-order valence-corrected chi connectivity index (χ0v) is 26.3. The summed E-state index contributed by atoms with van der Waals surface area (Å²) in [5.41, 5.74) is 11.8. The number of likely N-dealkylation sites (N-methyl/N-ethyl adjacent to an activating group) is 1. The van der Waals surface area contributed by atoms with Gasteiger partial charge in [-0.1, -0.05) is 48.0 Å². The molecule has 0 aliphatic carbocycles. The van der Waals surface area contributed by atoms with Gasteiger partial charge in [0.25, 0.3) is 11.5 Å². The number of aromatic nitrogens is 4. The van der Waals surface area contributed by atoms with Gasteiger partial charge in [0.2, 0.25) is 0 Å². The first-order valence-electron chi connectivity index (χ1n) is 14.8. The summed E-state index contributed by atoms with van der Waals surface area (Å²) in [6.45, 7) is 6.87. The Kier molecular flexibility index (Phi) is 8.53. The van der Waals surface area contributed by atoms with Crippen molar-refractivity contribution in [3.05, 3.63) is 111 Å². The molecule has 1 saturated heterocycles. The highest BCUT2D eigenvalue weighted by Crippen LogP contribution is 2.28. The number of hydrogen-bond donors (Lipinski definition) is 2. The van der Waals surface area contributed by atoms with Crippen molar-refractivity contribution in [1.29, 1.82) is 0 Å². The first-order valence-corrected chi connectivity index (χ1v) is 15.1. The molecule has 2 aromatic heterocycles. The summed E-state index contributed by atoms with van der Waals surface area (Å²) in [4.78, 5) is 40.7. The number of nitrogens with zero attached hydrogens (tertiary/aromatic N) is 6. The molecule has 230 valence electrons. The molecule has 0 spiro atoms. The largest absolute Gasteiger partial charge is 0.382 e. The lowest BCUT2D eigenvalue weighted by Gasteiger charge is -2.32. The van der Waals surface area contributed by atoms with Gasteiger partial charge in [-0.05, 0) is 55.9 Å². The van der Waals surface area contributed by atoms with E-state index in [0.717, 1.165) is 49.5 Å². The summed E-state index contributed by atoms with van der Waals surface area (Å²) >= 11 is 6.14. The quantitative estimate of drug-likeness (QED) is 0.267. The fraction of sp³-hybridized carbons (Fsp3) is 0.235. The van der Waals surface area contributed by atoms with Gasteiger partial charge >= 0.3 is 0 Å². The average Bonchev–Trinajstić information content (AvgIpc) is 3.26. The predicted molar refractivity (Wildman–Crippen MR) is 179 cm³/mol. The fourth-order valence-electron chi connectivity index (χ4n) is 5.62. The van der Waals surface area contributed by atoms with Gasteiger partial charge in [-0.15, -0.1) is 0 Å². The second kappa shape index (κ2) is 12.7. The Morgan fingerprint density at radius 2 is 1.69 bits per heavy atom. The lowest BCUT2D eigenvalue weighted by Crippen LogP contribution is -2.43. The van der Waals surface area contributed by atoms with Crippen LogP contribution in [-0.4, -0.2) is 68.3 Å². The number of piperazine rings is 1. The van der Waals surface area contributed by atoms with Crippen molar-refractivity contribution in [2.24, 2.45) is 7.05 Å². The zero-order chi connectivity index (χ0) is 31.7. The molecule has 0 bridgehead atoms. The molecule has 0 unspecified atom stereocenters. The van der Waals surface area contributed by atoms with Gasteiger partial charge in [0.05, 0.1) is 23.3 Å². The molecule has 3 aromatic carbocycles. The van der Waals surface area contributed by atoms with E-state index in [4.69, 9.17) is 22.3 Å². The first-order chi connectivity index (χ1) is 21.7. The lowest BCUT2D eigenvalue weighted by atomic mass is 10.1. The van der Waals surface area contributed by atoms with E-state index < -0.39 is 11.5 Å². The molecule has 0 saturated carbocycles. The molecule has 5 aromatic rings. The summed E-state index contributed by atoms with van der Waals surface area (Å²) in [5, 5.41) is 3.35. The number of nitrogen functional groups attached to an aromatic ring is 1. The van der Waals surface area contributed by atoms with Crippen LogP contribution < -0.4 is 16.6 Å². The SMILES string of the molecule is Cc1c(C(=O)Nc2ccc(-c3nc(-c4cccc(CN5CCN(C)CC5)c4)cnc3N)cc2)c(=O)n(-c2cccc(Cl)c2)n1C. The molecule has 1 amide bonds. The van der Waals surface area contributed by atoms with Gasteiger partial charge < -0.3 is 16.0 Å². The highest BCUT2D eigenvalue weighted by atomic mass is 35.5. The molecule has 10 nitrogen and oxygen atoms in total. The molecular formula is C34H35ClN8O2. The Morgan fingerprint density at radius 1 is 0.956 bits per heavy atom. The number of hydrogen-bond acceptors (Lipinski definition) is 7. The lowest BCUT2D eigenvalue weighted by molar-refractivity contribution is 0.102. The number of anilines is 2. The van der Waals surface area contributed by atoms with Crippen molar-refractivity contribution in [2.75, 3.05) is 44.3 Å². The van der Waals surface area contributed by atoms with Gasteiger partial charge in [-0.2, -0.15) is 0 Å². The Morgan fingerprint density at radius 3 is 2.42 bits per heavy atom. The standard InChI is InChI=1S/C34H35ClN8O2/c1-22-30(34(45)43(41(22)3)28-9-5-8-26(35)19-28)33(44)38-27-12-10-24(11-13-27)31-32(36)37-20-29(39-31)25-7-4-6-23(18-25)21-42-16-14-40(2)15-17-42/h4-13,18-20H,14-17,21H2,1-3H3,(H2,36,37)(H,38,44). The Hall–Kier alpha value is -4.77. The van der Waals surface area contributed by atoms with Crippen LogP contribution in [-0.2, 0) is 13.6 Å². The topological polar surface area (TPSA) is 114 Å². The number of nitrogens with two attached hydrogens (primary N) is 1. The normalized spacial score (nSPS) is 14.0. The highest BCUT2D eigenvalue weighted by Gasteiger charge is 2.23. The van der Waals surface area contributed by atoms with E-state index in [1.165, 1.54) is 10.2 Å². The summed E-state index contributed by atoms with van der Waals surface area (Å²) in [6.07, 6.45) is 1.70. The first kappa shape index (κ1) is 30.3. The number of halogens is 1. The van der Waals surface area contributed by atoms with Crippen molar-refractivity contribution in [3.63, 3.8) is 0 Å². The molecule has 3 N–H and O–H groups in total. The molecule has 45 heavy (non-hydrogen) atoms. The Labute approximate surface area is 266 Å². The van der Waals surface area contributed by atoms with Crippen LogP contribution in [0.4, 0.5) is 11.5 Å². The van der Waals surface area contributed by atoms with Crippen LogP contribution in [0.2, 0.25) is 5.02 Å². The van der Waals surface area contributed by atoms with E-state index in [1.54, 1.807) is 61.2 Å². The minimum atomic E-state index is -0.501. The number of rotatable bonds is 7. The van der Waals surface area contributed by atoms with Crippen LogP contribution in [0.1, 0.15) is 21.6 Å². The van der Waals surface area contributed by atoms with Gasteiger partial charge in [0.1, 0.15) is 17.1 Å². The molecule has 0 atom stereocenters. The molecule has 1 aliphatic heterocycles. The molecule has 1 aliphatic rings. The second-order valence-corrected chi connectivity index (χ2v) is 11.8. The maximum absolute atomic E-state index is 13.3. The van der Waals surface area contributed by atoms with E-state index in [9.17, 15) is 9.59 Å².